The minimum absolute atomic E-state index is 0.00810. The molecule has 0 radical (unpaired) electrons. The number of hydrogen-bond acceptors (Lipinski definition) is 3. The SMILES string of the molecule is CCCC1CCCCN1C(=O)c1nn(C)cc1N. The summed E-state index contributed by atoms with van der Waals surface area (Å²) >= 11 is 0. The Morgan fingerprint density at radius 1 is 1.56 bits per heavy atom. The van der Waals surface area contributed by atoms with Crippen molar-refractivity contribution in [2.45, 2.75) is 45.1 Å². The second-order valence-corrected chi connectivity index (χ2v) is 5.04. The molecule has 1 aliphatic heterocycles. The van der Waals surface area contributed by atoms with E-state index in [1.54, 1.807) is 17.9 Å². The zero-order chi connectivity index (χ0) is 13.1. The minimum Gasteiger partial charge on any atom is -0.396 e. The van der Waals surface area contributed by atoms with Gasteiger partial charge < -0.3 is 10.6 Å². The highest BCUT2D eigenvalue weighted by atomic mass is 16.2. The lowest BCUT2D eigenvalue weighted by Gasteiger charge is -2.35. The summed E-state index contributed by atoms with van der Waals surface area (Å²) in [6.07, 6.45) is 7.26. The van der Waals surface area contributed by atoms with Crippen molar-refractivity contribution in [3.8, 4) is 0 Å². The zero-order valence-electron chi connectivity index (χ0n) is 11.2. The van der Waals surface area contributed by atoms with E-state index < -0.39 is 0 Å². The fraction of sp³-hybridized carbons (Fsp3) is 0.692. The summed E-state index contributed by atoms with van der Waals surface area (Å²) < 4.78 is 1.60. The Labute approximate surface area is 108 Å². The number of nitrogen functional groups attached to an aromatic ring is 1. The molecule has 1 aromatic heterocycles. The molecule has 5 nitrogen and oxygen atoms in total. The molecule has 100 valence electrons. The maximum Gasteiger partial charge on any atom is 0.276 e. The van der Waals surface area contributed by atoms with Gasteiger partial charge in [0.15, 0.2) is 5.69 Å². The molecule has 1 atom stereocenters. The molecule has 2 rings (SSSR count). The van der Waals surface area contributed by atoms with Crippen molar-refractivity contribution in [2.75, 3.05) is 12.3 Å². The minimum atomic E-state index is -0.00810. The molecule has 1 aliphatic rings. The molecule has 2 heterocycles. The molecule has 1 fully saturated rings. The maximum absolute atomic E-state index is 12.5. The number of hydrogen-bond donors (Lipinski definition) is 1. The van der Waals surface area contributed by atoms with Crippen LogP contribution in [-0.4, -0.2) is 33.2 Å². The predicted octanol–water partition coefficient (Wildman–Crippen LogP) is 1.80. The first kappa shape index (κ1) is 12.9. The molecule has 5 heteroatoms. The number of aryl methyl sites for hydroxylation is 1. The van der Waals surface area contributed by atoms with Gasteiger partial charge in [-0.2, -0.15) is 5.10 Å². The molecule has 1 unspecified atom stereocenters. The van der Waals surface area contributed by atoms with E-state index in [1.165, 1.54) is 6.42 Å². The molecule has 0 aromatic carbocycles. The third kappa shape index (κ3) is 2.49. The Bertz CT molecular complexity index is 425. The fourth-order valence-corrected chi connectivity index (χ4v) is 2.71. The molecular formula is C13H22N4O. The number of nitrogens with zero attached hydrogens (tertiary/aromatic N) is 3. The lowest BCUT2D eigenvalue weighted by molar-refractivity contribution is 0.0595. The number of nitrogens with two attached hydrogens (primary N) is 1. The Kier molecular flexibility index (Phi) is 3.89. The van der Waals surface area contributed by atoms with Gasteiger partial charge in [-0.3, -0.25) is 9.48 Å². The Morgan fingerprint density at radius 3 is 2.94 bits per heavy atom. The smallest absolute Gasteiger partial charge is 0.276 e. The molecule has 0 spiro atoms. The van der Waals surface area contributed by atoms with Gasteiger partial charge in [-0.05, 0) is 25.7 Å². The second kappa shape index (κ2) is 5.42. The summed E-state index contributed by atoms with van der Waals surface area (Å²) in [6, 6.07) is 0.359. The van der Waals surface area contributed by atoms with Crippen molar-refractivity contribution < 1.29 is 4.79 Å². The molecule has 2 N–H and O–H groups in total. The van der Waals surface area contributed by atoms with Crippen LogP contribution in [0.15, 0.2) is 6.20 Å². The first-order chi connectivity index (χ1) is 8.63. The van der Waals surface area contributed by atoms with Crippen LogP contribution in [-0.2, 0) is 7.05 Å². The van der Waals surface area contributed by atoms with Crippen molar-refractivity contribution in [3.05, 3.63) is 11.9 Å². The summed E-state index contributed by atoms with van der Waals surface area (Å²) in [5.74, 6) is -0.00810. The van der Waals surface area contributed by atoms with Crippen molar-refractivity contribution in [2.24, 2.45) is 7.05 Å². The number of anilines is 1. The highest BCUT2D eigenvalue weighted by molar-refractivity contribution is 5.97. The van der Waals surface area contributed by atoms with Gasteiger partial charge in [-0.1, -0.05) is 13.3 Å². The average Bonchev–Trinajstić information content (AvgIpc) is 2.69. The number of amides is 1. The van der Waals surface area contributed by atoms with Crippen LogP contribution in [0.1, 0.15) is 49.5 Å². The largest absolute Gasteiger partial charge is 0.396 e. The van der Waals surface area contributed by atoms with Gasteiger partial charge in [0.25, 0.3) is 5.91 Å². The summed E-state index contributed by atoms with van der Waals surface area (Å²) in [6.45, 7) is 2.99. The second-order valence-electron chi connectivity index (χ2n) is 5.04. The third-order valence-electron chi connectivity index (χ3n) is 3.57. The van der Waals surface area contributed by atoms with Crippen molar-refractivity contribution >= 4 is 11.6 Å². The molecular weight excluding hydrogens is 228 g/mol. The fourth-order valence-electron chi connectivity index (χ4n) is 2.71. The predicted molar refractivity (Wildman–Crippen MR) is 71.2 cm³/mol. The topological polar surface area (TPSA) is 64.2 Å². The normalized spacial score (nSPS) is 20.1. The number of carbonyl (C=O) groups is 1. The summed E-state index contributed by atoms with van der Waals surface area (Å²) in [5, 5.41) is 4.18. The van der Waals surface area contributed by atoms with Crippen LogP contribution in [0.3, 0.4) is 0 Å². The van der Waals surface area contributed by atoms with Gasteiger partial charge >= 0.3 is 0 Å². The summed E-state index contributed by atoms with van der Waals surface area (Å²) in [7, 11) is 1.78. The van der Waals surface area contributed by atoms with Gasteiger partial charge in [-0.25, -0.2) is 0 Å². The molecule has 18 heavy (non-hydrogen) atoms. The number of aromatic nitrogens is 2. The number of rotatable bonds is 3. The summed E-state index contributed by atoms with van der Waals surface area (Å²) in [4.78, 5) is 14.5. The third-order valence-corrected chi connectivity index (χ3v) is 3.57. The maximum atomic E-state index is 12.5. The molecule has 0 bridgehead atoms. The van der Waals surface area contributed by atoms with Crippen LogP contribution >= 0.6 is 0 Å². The lowest BCUT2D eigenvalue weighted by atomic mass is 9.98. The van der Waals surface area contributed by atoms with Crippen molar-refractivity contribution in [3.63, 3.8) is 0 Å². The van der Waals surface area contributed by atoms with E-state index in [9.17, 15) is 4.79 Å². The lowest BCUT2D eigenvalue weighted by Crippen LogP contribution is -2.44. The molecule has 1 saturated heterocycles. The first-order valence-electron chi connectivity index (χ1n) is 6.73. The number of piperidine rings is 1. The van der Waals surface area contributed by atoms with Crippen LogP contribution in [0, 0.1) is 0 Å². The van der Waals surface area contributed by atoms with E-state index in [4.69, 9.17) is 5.73 Å². The van der Waals surface area contributed by atoms with E-state index in [-0.39, 0.29) is 5.91 Å². The number of likely N-dealkylation sites (tertiary alicyclic amines) is 1. The number of carbonyl (C=O) groups excluding carboxylic acids is 1. The van der Waals surface area contributed by atoms with Gasteiger partial charge in [0.05, 0.1) is 5.69 Å². The van der Waals surface area contributed by atoms with E-state index >= 15 is 0 Å². The van der Waals surface area contributed by atoms with Gasteiger partial charge in [0, 0.05) is 25.8 Å². The average molecular weight is 250 g/mol. The van der Waals surface area contributed by atoms with E-state index in [1.807, 2.05) is 4.90 Å². The van der Waals surface area contributed by atoms with Crippen LogP contribution < -0.4 is 5.73 Å². The molecule has 1 amide bonds. The van der Waals surface area contributed by atoms with Crippen LogP contribution in [0.4, 0.5) is 5.69 Å². The standard InChI is InChI=1S/C13H22N4O/c1-3-6-10-7-4-5-8-17(10)13(18)12-11(14)9-16(2)15-12/h9-10H,3-8,14H2,1-2H3. The van der Waals surface area contributed by atoms with Gasteiger partial charge in [0.2, 0.25) is 0 Å². The quantitative estimate of drug-likeness (QED) is 0.889. The molecule has 1 aromatic rings. The summed E-state index contributed by atoms with van der Waals surface area (Å²) in [5.41, 5.74) is 6.72. The first-order valence-corrected chi connectivity index (χ1v) is 6.73. The van der Waals surface area contributed by atoms with Gasteiger partial charge in [0.1, 0.15) is 0 Å². The van der Waals surface area contributed by atoms with Crippen LogP contribution in [0.25, 0.3) is 0 Å². The van der Waals surface area contributed by atoms with E-state index in [2.05, 4.69) is 12.0 Å². The highest BCUT2D eigenvalue weighted by Crippen LogP contribution is 2.23. The van der Waals surface area contributed by atoms with Crippen LogP contribution in [0.2, 0.25) is 0 Å². The Morgan fingerprint density at radius 2 is 2.33 bits per heavy atom. The van der Waals surface area contributed by atoms with E-state index in [0.717, 1.165) is 32.2 Å². The van der Waals surface area contributed by atoms with Crippen molar-refractivity contribution in [1.82, 2.24) is 14.7 Å². The monoisotopic (exact) mass is 250 g/mol. The Hall–Kier alpha value is -1.52. The van der Waals surface area contributed by atoms with Crippen LogP contribution in [0.5, 0.6) is 0 Å². The Balaban J connectivity index is 2.18. The molecule has 0 aliphatic carbocycles. The highest BCUT2D eigenvalue weighted by Gasteiger charge is 2.29. The van der Waals surface area contributed by atoms with Crippen molar-refractivity contribution in [1.29, 1.82) is 0 Å². The van der Waals surface area contributed by atoms with Gasteiger partial charge in [-0.15, -0.1) is 0 Å². The molecule has 0 saturated carbocycles. The van der Waals surface area contributed by atoms with E-state index in [0.29, 0.717) is 17.4 Å². The zero-order valence-corrected chi connectivity index (χ0v) is 11.2.